The van der Waals surface area contributed by atoms with Gasteiger partial charge in [0.2, 0.25) is 0 Å². The standard InChI is InChI=1S/C17H27NO3/c1-4-10-19-13-6-8-14(9-7-13)21-16-12-15(18-3)17(16)20-11-5-2/h6-9,15-18H,4-5,10-12H2,1-3H3. The van der Waals surface area contributed by atoms with Crippen LogP contribution in [0, 0.1) is 0 Å². The Labute approximate surface area is 127 Å². The predicted molar refractivity (Wildman–Crippen MR) is 84.1 cm³/mol. The van der Waals surface area contributed by atoms with Gasteiger partial charge in [0.25, 0.3) is 0 Å². The Balaban J connectivity index is 1.85. The van der Waals surface area contributed by atoms with E-state index in [0.29, 0.717) is 6.04 Å². The lowest BCUT2D eigenvalue weighted by atomic mass is 9.85. The molecule has 3 atom stereocenters. The van der Waals surface area contributed by atoms with Gasteiger partial charge in [-0.25, -0.2) is 0 Å². The lowest BCUT2D eigenvalue weighted by Gasteiger charge is -2.43. The molecule has 4 nitrogen and oxygen atoms in total. The number of benzene rings is 1. The molecule has 1 aliphatic rings. The summed E-state index contributed by atoms with van der Waals surface area (Å²) in [4.78, 5) is 0. The van der Waals surface area contributed by atoms with Gasteiger partial charge in [0.1, 0.15) is 23.7 Å². The minimum Gasteiger partial charge on any atom is -0.494 e. The van der Waals surface area contributed by atoms with E-state index < -0.39 is 0 Å². The summed E-state index contributed by atoms with van der Waals surface area (Å²) >= 11 is 0. The van der Waals surface area contributed by atoms with Gasteiger partial charge in [0.15, 0.2) is 0 Å². The largest absolute Gasteiger partial charge is 0.494 e. The van der Waals surface area contributed by atoms with Crippen molar-refractivity contribution >= 4 is 0 Å². The molecule has 2 rings (SSSR count). The first kappa shape index (κ1) is 16.1. The Hall–Kier alpha value is -1.26. The van der Waals surface area contributed by atoms with Crippen molar-refractivity contribution < 1.29 is 14.2 Å². The third-order valence-corrected chi connectivity index (χ3v) is 3.72. The van der Waals surface area contributed by atoms with E-state index >= 15 is 0 Å². The molecule has 1 N–H and O–H groups in total. The summed E-state index contributed by atoms with van der Waals surface area (Å²) in [5.74, 6) is 1.77. The summed E-state index contributed by atoms with van der Waals surface area (Å²) in [7, 11) is 1.98. The molecule has 1 aliphatic carbocycles. The van der Waals surface area contributed by atoms with Crippen LogP contribution >= 0.6 is 0 Å². The van der Waals surface area contributed by atoms with Gasteiger partial charge in [-0.1, -0.05) is 13.8 Å². The molecule has 0 aromatic heterocycles. The average molecular weight is 293 g/mol. The Morgan fingerprint density at radius 3 is 2.33 bits per heavy atom. The maximum atomic E-state index is 6.03. The second-order valence-corrected chi connectivity index (χ2v) is 5.44. The highest BCUT2D eigenvalue weighted by Gasteiger charge is 2.42. The van der Waals surface area contributed by atoms with E-state index in [0.717, 1.165) is 44.0 Å². The molecule has 4 heteroatoms. The highest BCUT2D eigenvalue weighted by Crippen LogP contribution is 2.30. The fourth-order valence-corrected chi connectivity index (χ4v) is 2.47. The van der Waals surface area contributed by atoms with Gasteiger partial charge in [0, 0.05) is 19.1 Å². The molecular weight excluding hydrogens is 266 g/mol. The van der Waals surface area contributed by atoms with Crippen LogP contribution in [0.4, 0.5) is 0 Å². The molecule has 0 spiro atoms. The van der Waals surface area contributed by atoms with E-state index in [1.165, 1.54) is 0 Å². The van der Waals surface area contributed by atoms with E-state index in [-0.39, 0.29) is 12.2 Å². The quantitative estimate of drug-likeness (QED) is 0.760. The van der Waals surface area contributed by atoms with Gasteiger partial charge in [-0.05, 0) is 44.2 Å². The molecule has 1 saturated carbocycles. The van der Waals surface area contributed by atoms with Crippen LogP contribution in [0.5, 0.6) is 11.5 Å². The first-order valence-corrected chi connectivity index (χ1v) is 7.96. The van der Waals surface area contributed by atoms with Crippen molar-refractivity contribution in [1.29, 1.82) is 0 Å². The fourth-order valence-electron chi connectivity index (χ4n) is 2.47. The first-order valence-electron chi connectivity index (χ1n) is 7.96. The van der Waals surface area contributed by atoms with Crippen LogP contribution in [0.1, 0.15) is 33.1 Å². The summed E-state index contributed by atoms with van der Waals surface area (Å²) in [5, 5.41) is 3.28. The van der Waals surface area contributed by atoms with Crippen molar-refractivity contribution in [2.75, 3.05) is 20.3 Å². The first-order chi connectivity index (χ1) is 10.3. The van der Waals surface area contributed by atoms with Gasteiger partial charge in [-0.2, -0.15) is 0 Å². The number of ether oxygens (including phenoxy) is 3. The normalized spacial score (nSPS) is 24.4. The number of hydrogen-bond donors (Lipinski definition) is 1. The second kappa shape index (κ2) is 8.25. The van der Waals surface area contributed by atoms with Gasteiger partial charge in [0.05, 0.1) is 6.61 Å². The molecule has 1 fully saturated rings. The van der Waals surface area contributed by atoms with E-state index in [4.69, 9.17) is 14.2 Å². The van der Waals surface area contributed by atoms with Crippen molar-refractivity contribution in [3.8, 4) is 11.5 Å². The Morgan fingerprint density at radius 2 is 1.71 bits per heavy atom. The van der Waals surface area contributed by atoms with Crippen LogP contribution in [0.25, 0.3) is 0 Å². The maximum Gasteiger partial charge on any atom is 0.128 e. The van der Waals surface area contributed by atoms with E-state index in [1.54, 1.807) is 0 Å². The summed E-state index contributed by atoms with van der Waals surface area (Å²) in [5.41, 5.74) is 0. The number of likely N-dealkylation sites (N-methyl/N-ethyl adjacent to an activating group) is 1. The Bertz CT molecular complexity index is 407. The van der Waals surface area contributed by atoms with Gasteiger partial charge in [-0.3, -0.25) is 0 Å². The van der Waals surface area contributed by atoms with Gasteiger partial charge >= 0.3 is 0 Å². The van der Waals surface area contributed by atoms with E-state index in [9.17, 15) is 0 Å². The zero-order valence-electron chi connectivity index (χ0n) is 13.3. The van der Waals surface area contributed by atoms with E-state index in [1.807, 2.05) is 31.3 Å². The van der Waals surface area contributed by atoms with Gasteiger partial charge in [-0.15, -0.1) is 0 Å². The van der Waals surface area contributed by atoms with Crippen LogP contribution < -0.4 is 14.8 Å². The lowest BCUT2D eigenvalue weighted by Crippen LogP contribution is -2.60. The number of hydrogen-bond acceptors (Lipinski definition) is 4. The monoisotopic (exact) mass is 293 g/mol. The van der Waals surface area contributed by atoms with Crippen LogP contribution in [0.3, 0.4) is 0 Å². The SMILES string of the molecule is CCCOc1ccc(OC2CC(NC)C2OCCC)cc1. The predicted octanol–water partition coefficient (Wildman–Crippen LogP) is 3.01. The summed E-state index contributed by atoms with van der Waals surface area (Å²) < 4.78 is 17.5. The van der Waals surface area contributed by atoms with Crippen molar-refractivity contribution in [2.45, 2.75) is 51.4 Å². The smallest absolute Gasteiger partial charge is 0.128 e. The van der Waals surface area contributed by atoms with Crippen molar-refractivity contribution in [1.82, 2.24) is 5.32 Å². The van der Waals surface area contributed by atoms with Crippen LogP contribution in [-0.2, 0) is 4.74 Å². The molecule has 118 valence electrons. The summed E-state index contributed by atoms with van der Waals surface area (Å²) in [6.07, 6.45) is 3.31. The molecule has 21 heavy (non-hydrogen) atoms. The summed E-state index contributed by atoms with van der Waals surface area (Å²) in [6, 6.07) is 8.25. The minimum absolute atomic E-state index is 0.136. The van der Waals surface area contributed by atoms with Crippen LogP contribution in [0.15, 0.2) is 24.3 Å². The topological polar surface area (TPSA) is 39.7 Å². The molecule has 1 aromatic rings. The molecule has 0 aliphatic heterocycles. The van der Waals surface area contributed by atoms with E-state index in [2.05, 4.69) is 19.2 Å². The molecular formula is C17H27NO3. The van der Waals surface area contributed by atoms with Gasteiger partial charge < -0.3 is 19.5 Å². The van der Waals surface area contributed by atoms with Crippen LogP contribution in [0.2, 0.25) is 0 Å². The molecule has 3 unspecified atom stereocenters. The zero-order valence-corrected chi connectivity index (χ0v) is 13.3. The molecule has 0 amide bonds. The molecule has 0 radical (unpaired) electrons. The number of rotatable bonds is 9. The second-order valence-electron chi connectivity index (χ2n) is 5.44. The Kier molecular flexibility index (Phi) is 6.33. The van der Waals surface area contributed by atoms with Crippen molar-refractivity contribution in [2.24, 2.45) is 0 Å². The van der Waals surface area contributed by atoms with Crippen molar-refractivity contribution in [3.63, 3.8) is 0 Å². The summed E-state index contributed by atoms with van der Waals surface area (Å²) in [6.45, 7) is 5.76. The Morgan fingerprint density at radius 1 is 1.05 bits per heavy atom. The third-order valence-electron chi connectivity index (χ3n) is 3.72. The maximum absolute atomic E-state index is 6.03. The lowest BCUT2D eigenvalue weighted by molar-refractivity contribution is -0.106. The van der Waals surface area contributed by atoms with Crippen LogP contribution in [-0.4, -0.2) is 38.5 Å². The number of nitrogens with one attached hydrogen (secondary N) is 1. The van der Waals surface area contributed by atoms with Crippen molar-refractivity contribution in [3.05, 3.63) is 24.3 Å². The molecule has 0 bridgehead atoms. The third kappa shape index (κ3) is 4.35. The molecule has 1 aromatic carbocycles. The molecule has 0 saturated heterocycles. The minimum atomic E-state index is 0.136. The average Bonchev–Trinajstić information content (AvgIpc) is 2.50. The highest BCUT2D eigenvalue weighted by molar-refractivity contribution is 5.31. The highest BCUT2D eigenvalue weighted by atomic mass is 16.5. The molecule has 0 heterocycles. The fraction of sp³-hybridized carbons (Fsp3) is 0.647. The zero-order chi connectivity index (χ0) is 15.1.